The van der Waals surface area contributed by atoms with Crippen LogP contribution >= 0.6 is 0 Å². The lowest BCUT2D eigenvalue weighted by molar-refractivity contribution is 0.795. The summed E-state index contributed by atoms with van der Waals surface area (Å²) in [7, 11) is 0. The maximum Gasteiger partial charge on any atom is 0.0857 e. The normalized spacial score (nSPS) is 10.4. The minimum Gasteiger partial charge on any atom is -0.330 e. The van der Waals surface area contributed by atoms with Crippen molar-refractivity contribution in [2.24, 2.45) is 5.73 Å². The lowest BCUT2D eigenvalue weighted by Crippen LogP contribution is -2.01. The van der Waals surface area contributed by atoms with Crippen molar-refractivity contribution in [2.45, 2.75) is 26.2 Å². The molecule has 0 radical (unpaired) electrons. The Balaban J connectivity index is 2.54. The van der Waals surface area contributed by atoms with Crippen LogP contribution in [-0.2, 0) is 12.8 Å². The number of rotatable bonds is 4. The average molecular weight is 154 g/mol. The van der Waals surface area contributed by atoms with Gasteiger partial charge in [-0.2, -0.15) is 15.4 Å². The van der Waals surface area contributed by atoms with Gasteiger partial charge in [0.05, 0.1) is 11.4 Å². The first-order valence-corrected chi connectivity index (χ1v) is 3.97. The summed E-state index contributed by atoms with van der Waals surface area (Å²) >= 11 is 0. The second-order valence-corrected chi connectivity index (χ2v) is 2.46. The summed E-state index contributed by atoms with van der Waals surface area (Å²) in [6.07, 6.45) is 2.87. The number of nitrogens with one attached hydrogen (secondary N) is 1. The van der Waals surface area contributed by atoms with Crippen molar-refractivity contribution in [3.63, 3.8) is 0 Å². The molecule has 4 nitrogen and oxygen atoms in total. The van der Waals surface area contributed by atoms with Crippen LogP contribution in [0.5, 0.6) is 0 Å². The molecule has 11 heavy (non-hydrogen) atoms. The summed E-state index contributed by atoms with van der Waals surface area (Å²) in [5, 5.41) is 10.7. The molecule has 1 aromatic rings. The second-order valence-electron chi connectivity index (χ2n) is 2.46. The predicted molar refractivity (Wildman–Crippen MR) is 43.1 cm³/mol. The fourth-order valence-electron chi connectivity index (χ4n) is 1.03. The van der Waals surface area contributed by atoms with E-state index in [-0.39, 0.29) is 0 Å². The molecule has 62 valence electrons. The van der Waals surface area contributed by atoms with Gasteiger partial charge in [-0.05, 0) is 25.8 Å². The van der Waals surface area contributed by atoms with Gasteiger partial charge >= 0.3 is 0 Å². The molecule has 0 fully saturated rings. The highest BCUT2D eigenvalue weighted by molar-refractivity contribution is 5.07. The van der Waals surface area contributed by atoms with Gasteiger partial charge in [0.15, 0.2) is 0 Å². The van der Waals surface area contributed by atoms with Gasteiger partial charge in [0.2, 0.25) is 0 Å². The van der Waals surface area contributed by atoms with Crippen molar-refractivity contribution in [3.8, 4) is 0 Å². The van der Waals surface area contributed by atoms with E-state index in [2.05, 4.69) is 22.3 Å². The Hall–Kier alpha value is -0.900. The summed E-state index contributed by atoms with van der Waals surface area (Å²) in [5.74, 6) is 0. The van der Waals surface area contributed by atoms with Crippen molar-refractivity contribution in [3.05, 3.63) is 11.4 Å². The summed E-state index contributed by atoms with van der Waals surface area (Å²) in [6, 6.07) is 0. The fourth-order valence-corrected chi connectivity index (χ4v) is 1.03. The smallest absolute Gasteiger partial charge is 0.0857 e. The number of nitrogens with zero attached hydrogens (tertiary/aromatic N) is 2. The molecule has 0 aliphatic heterocycles. The molecule has 1 heterocycles. The van der Waals surface area contributed by atoms with Gasteiger partial charge in [0, 0.05) is 0 Å². The number of H-pyrrole nitrogens is 1. The molecule has 0 atom stereocenters. The molecule has 1 aromatic heterocycles. The number of hydrogen-bond acceptors (Lipinski definition) is 3. The number of aromatic amines is 1. The Morgan fingerprint density at radius 1 is 1.36 bits per heavy atom. The maximum atomic E-state index is 5.38. The first-order chi connectivity index (χ1) is 5.38. The number of aromatic nitrogens is 3. The van der Waals surface area contributed by atoms with Gasteiger partial charge in [-0.1, -0.05) is 6.92 Å². The van der Waals surface area contributed by atoms with Crippen LogP contribution in [0.1, 0.15) is 24.7 Å². The van der Waals surface area contributed by atoms with E-state index in [0.717, 1.165) is 37.2 Å². The SMILES string of the molecule is CCc1n[nH]nc1CCCN. The highest BCUT2D eigenvalue weighted by atomic mass is 15.3. The average Bonchev–Trinajstić information content (AvgIpc) is 2.47. The second kappa shape index (κ2) is 4.08. The molecular weight excluding hydrogens is 140 g/mol. The van der Waals surface area contributed by atoms with Crippen LogP contribution < -0.4 is 5.73 Å². The molecule has 1 rings (SSSR count). The van der Waals surface area contributed by atoms with Gasteiger partial charge in [0.25, 0.3) is 0 Å². The Kier molecular flexibility index (Phi) is 3.04. The van der Waals surface area contributed by atoms with Crippen LogP contribution in [-0.4, -0.2) is 22.0 Å². The van der Waals surface area contributed by atoms with Gasteiger partial charge in [0.1, 0.15) is 0 Å². The first-order valence-electron chi connectivity index (χ1n) is 3.97. The van der Waals surface area contributed by atoms with E-state index in [9.17, 15) is 0 Å². The van der Waals surface area contributed by atoms with Crippen LogP contribution in [0.2, 0.25) is 0 Å². The van der Waals surface area contributed by atoms with Crippen LogP contribution in [0.25, 0.3) is 0 Å². The van der Waals surface area contributed by atoms with Gasteiger partial charge in [-0.3, -0.25) is 0 Å². The molecule has 0 saturated heterocycles. The van der Waals surface area contributed by atoms with Crippen LogP contribution in [0.4, 0.5) is 0 Å². The largest absolute Gasteiger partial charge is 0.330 e. The van der Waals surface area contributed by atoms with Crippen molar-refractivity contribution >= 4 is 0 Å². The van der Waals surface area contributed by atoms with E-state index in [1.165, 1.54) is 0 Å². The van der Waals surface area contributed by atoms with Crippen LogP contribution in [0.3, 0.4) is 0 Å². The number of nitrogens with two attached hydrogens (primary N) is 1. The van der Waals surface area contributed by atoms with Gasteiger partial charge in [-0.15, -0.1) is 0 Å². The van der Waals surface area contributed by atoms with E-state index in [0.29, 0.717) is 0 Å². The Labute approximate surface area is 66.2 Å². The van der Waals surface area contributed by atoms with E-state index in [1.807, 2.05) is 0 Å². The van der Waals surface area contributed by atoms with Crippen molar-refractivity contribution in [2.75, 3.05) is 6.54 Å². The summed E-state index contributed by atoms with van der Waals surface area (Å²) < 4.78 is 0. The molecule has 4 heteroatoms. The van der Waals surface area contributed by atoms with E-state index < -0.39 is 0 Å². The first kappa shape index (κ1) is 8.20. The highest BCUT2D eigenvalue weighted by Gasteiger charge is 2.03. The number of hydrogen-bond donors (Lipinski definition) is 2. The molecule has 0 spiro atoms. The molecule has 0 amide bonds. The molecule has 0 aliphatic carbocycles. The molecule has 0 aliphatic rings. The minimum absolute atomic E-state index is 0.718. The van der Waals surface area contributed by atoms with Gasteiger partial charge < -0.3 is 5.73 Å². The molecule has 3 N–H and O–H groups in total. The third-order valence-electron chi connectivity index (χ3n) is 1.66. The summed E-state index contributed by atoms with van der Waals surface area (Å²) in [6.45, 7) is 2.79. The minimum atomic E-state index is 0.718. The van der Waals surface area contributed by atoms with E-state index in [1.54, 1.807) is 0 Å². The zero-order valence-corrected chi connectivity index (χ0v) is 6.80. The summed E-state index contributed by atoms with van der Waals surface area (Å²) in [5.41, 5.74) is 7.51. The Morgan fingerprint density at radius 3 is 2.73 bits per heavy atom. The van der Waals surface area contributed by atoms with Crippen molar-refractivity contribution in [1.82, 2.24) is 15.4 Å². The van der Waals surface area contributed by atoms with E-state index in [4.69, 9.17) is 5.73 Å². The standard InChI is InChI=1S/C7H14N4/c1-2-6-7(4-3-5-8)10-11-9-6/h2-5,8H2,1H3,(H,9,10,11). The third kappa shape index (κ3) is 2.01. The Morgan fingerprint density at radius 2 is 2.09 bits per heavy atom. The zero-order valence-electron chi connectivity index (χ0n) is 6.80. The lowest BCUT2D eigenvalue weighted by Gasteiger charge is -1.94. The fraction of sp³-hybridized carbons (Fsp3) is 0.714. The summed E-state index contributed by atoms with van der Waals surface area (Å²) in [4.78, 5) is 0. The third-order valence-corrected chi connectivity index (χ3v) is 1.66. The molecule has 0 aromatic carbocycles. The maximum absolute atomic E-state index is 5.38. The Bertz CT molecular complexity index is 206. The van der Waals surface area contributed by atoms with Crippen molar-refractivity contribution < 1.29 is 0 Å². The van der Waals surface area contributed by atoms with Crippen LogP contribution in [0.15, 0.2) is 0 Å². The highest BCUT2D eigenvalue weighted by Crippen LogP contribution is 2.03. The van der Waals surface area contributed by atoms with E-state index >= 15 is 0 Å². The topological polar surface area (TPSA) is 67.6 Å². The predicted octanol–water partition coefficient (Wildman–Crippen LogP) is 0.258. The van der Waals surface area contributed by atoms with Gasteiger partial charge in [-0.25, -0.2) is 0 Å². The lowest BCUT2D eigenvalue weighted by atomic mass is 10.2. The molecule has 0 saturated carbocycles. The quantitative estimate of drug-likeness (QED) is 0.653. The van der Waals surface area contributed by atoms with Crippen LogP contribution in [0, 0.1) is 0 Å². The van der Waals surface area contributed by atoms with Crippen molar-refractivity contribution in [1.29, 1.82) is 0 Å². The molecule has 0 bridgehead atoms. The zero-order chi connectivity index (χ0) is 8.10. The monoisotopic (exact) mass is 154 g/mol. The molecule has 0 unspecified atom stereocenters. The molecular formula is C7H14N4. The number of aryl methyl sites for hydroxylation is 2.